The van der Waals surface area contributed by atoms with E-state index >= 15 is 0 Å². The van der Waals surface area contributed by atoms with Crippen molar-refractivity contribution in [3.05, 3.63) is 90.0 Å². The summed E-state index contributed by atoms with van der Waals surface area (Å²) in [6, 6.07) is 11.1. The summed E-state index contributed by atoms with van der Waals surface area (Å²) in [5.41, 5.74) is 4.84. The molecule has 0 heterocycles. The molecule has 2 N–H and O–H groups in total. The normalized spacial score (nSPS) is 12.1. The summed E-state index contributed by atoms with van der Waals surface area (Å²) in [7, 11) is 0. The Labute approximate surface area is 201 Å². The van der Waals surface area contributed by atoms with Crippen LogP contribution in [0.5, 0.6) is 0 Å². The van der Waals surface area contributed by atoms with E-state index in [0.717, 1.165) is 12.4 Å². The van der Waals surface area contributed by atoms with Crippen LogP contribution >= 0.6 is 23.2 Å². The minimum absolute atomic E-state index is 0.0778. The molecule has 0 aromatic heterocycles. The molecule has 0 radical (unpaired) electrons. The van der Waals surface area contributed by atoms with E-state index in [1.165, 1.54) is 60.7 Å². The highest BCUT2D eigenvalue weighted by Gasteiger charge is 2.11. The first-order valence-corrected chi connectivity index (χ1v) is 9.81. The maximum Gasteiger partial charge on any atom is 0.331 e. The molecule has 174 valence electrons. The molecule has 2 aromatic carbocycles. The quantitative estimate of drug-likeness (QED) is 0.241. The van der Waals surface area contributed by atoms with Gasteiger partial charge in [-0.1, -0.05) is 23.2 Å². The lowest BCUT2D eigenvalue weighted by atomic mass is 10.2. The van der Waals surface area contributed by atoms with E-state index in [0.29, 0.717) is 11.1 Å². The van der Waals surface area contributed by atoms with Crippen LogP contribution in [-0.4, -0.2) is 34.1 Å². The minimum atomic E-state index is -1.14. The number of nitro groups is 2. The van der Waals surface area contributed by atoms with Crippen LogP contribution in [0.1, 0.15) is 11.1 Å². The van der Waals surface area contributed by atoms with Gasteiger partial charge >= 0.3 is 11.8 Å². The van der Waals surface area contributed by atoms with Crippen molar-refractivity contribution in [3.8, 4) is 0 Å². The third-order valence-corrected chi connectivity index (χ3v) is 4.14. The van der Waals surface area contributed by atoms with Crippen molar-refractivity contribution in [3.63, 3.8) is 0 Å². The first-order chi connectivity index (χ1) is 16.2. The van der Waals surface area contributed by atoms with E-state index in [-0.39, 0.29) is 21.4 Å². The Bertz CT molecular complexity index is 1110. The van der Waals surface area contributed by atoms with Crippen molar-refractivity contribution in [2.75, 3.05) is 0 Å². The van der Waals surface area contributed by atoms with Crippen LogP contribution in [0.25, 0.3) is 12.2 Å². The summed E-state index contributed by atoms with van der Waals surface area (Å²) in [6.07, 6.45) is 4.98. The zero-order chi connectivity index (χ0) is 25.1. The van der Waals surface area contributed by atoms with Crippen molar-refractivity contribution in [1.82, 2.24) is 10.9 Å². The maximum absolute atomic E-state index is 11.7. The average Bonchev–Trinajstić information content (AvgIpc) is 2.79. The summed E-state index contributed by atoms with van der Waals surface area (Å²) >= 11 is 11.9. The number of carbonyl (C=O) groups excluding carboxylic acids is 2. The van der Waals surface area contributed by atoms with Crippen LogP contribution < -0.4 is 10.9 Å². The van der Waals surface area contributed by atoms with E-state index in [2.05, 4.69) is 10.2 Å². The highest BCUT2D eigenvalue weighted by atomic mass is 35.5. The van der Waals surface area contributed by atoms with E-state index in [1.54, 1.807) is 0 Å². The van der Waals surface area contributed by atoms with Crippen molar-refractivity contribution in [2.45, 2.75) is 0 Å². The Morgan fingerprint density at radius 1 is 0.706 bits per heavy atom. The van der Waals surface area contributed by atoms with E-state index < -0.39 is 21.7 Å². The molecule has 2 rings (SSSR count). The van der Waals surface area contributed by atoms with Gasteiger partial charge in [-0.2, -0.15) is 10.2 Å². The van der Waals surface area contributed by atoms with Crippen LogP contribution in [0.15, 0.2) is 68.8 Å². The number of benzene rings is 2. The Balaban J connectivity index is 1.84. The molecule has 0 bridgehead atoms. The lowest BCUT2D eigenvalue weighted by Gasteiger charge is -1.98. The molecule has 0 fully saturated rings. The first kappa shape index (κ1) is 25.8. The Morgan fingerprint density at radius 3 is 1.32 bits per heavy atom. The van der Waals surface area contributed by atoms with Gasteiger partial charge in [-0.15, -0.1) is 0 Å². The summed E-state index contributed by atoms with van der Waals surface area (Å²) < 4.78 is 0. The lowest BCUT2D eigenvalue weighted by Crippen LogP contribution is -2.35. The van der Waals surface area contributed by atoms with Crippen molar-refractivity contribution >= 4 is 71.0 Å². The Kier molecular flexibility index (Phi) is 9.56. The van der Waals surface area contributed by atoms with Gasteiger partial charge in [0.2, 0.25) is 0 Å². The predicted octanol–water partition coefficient (Wildman–Crippen LogP) is 3.57. The van der Waals surface area contributed by atoms with Gasteiger partial charge in [-0.25, -0.2) is 10.9 Å². The molecule has 2 aromatic rings. The average molecular weight is 505 g/mol. The monoisotopic (exact) mass is 504 g/mol. The lowest BCUT2D eigenvalue weighted by molar-refractivity contribution is -0.385. The van der Waals surface area contributed by atoms with Crippen LogP contribution in [-0.2, 0) is 9.59 Å². The molecule has 14 heteroatoms. The highest BCUT2D eigenvalue weighted by Crippen LogP contribution is 2.16. The third kappa shape index (κ3) is 8.61. The Morgan fingerprint density at radius 2 is 1.03 bits per heavy atom. The molecule has 0 saturated heterocycles. The number of nitrogens with one attached hydrogen (secondary N) is 2. The number of nitro benzene ring substituents is 2. The van der Waals surface area contributed by atoms with Crippen LogP contribution in [0, 0.1) is 20.2 Å². The maximum atomic E-state index is 11.7. The zero-order valence-corrected chi connectivity index (χ0v) is 18.4. The number of halogens is 2. The van der Waals surface area contributed by atoms with Gasteiger partial charge in [0.1, 0.15) is 0 Å². The number of hydrazone groups is 2. The van der Waals surface area contributed by atoms with Crippen molar-refractivity contribution in [1.29, 1.82) is 0 Å². The third-order valence-electron chi connectivity index (χ3n) is 3.73. The molecule has 34 heavy (non-hydrogen) atoms. The van der Waals surface area contributed by atoms with Crippen LogP contribution in [0.2, 0.25) is 0 Å². The number of rotatable bonds is 8. The number of hydrogen-bond acceptors (Lipinski definition) is 8. The van der Waals surface area contributed by atoms with Gasteiger partial charge in [0.05, 0.1) is 32.3 Å². The predicted molar refractivity (Wildman–Crippen MR) is 127 cm³/mol. The number of carbonyl (C=O) groups is 2. The zero-order valence-electron chi connectivity index (χ0n) is 16.9. The molecule has 2 amide bonds. The minimum Gasteiger partial charge on any atom is -0.262 e. The van der Waals surface area contributed by atoms with E-state index in [1.807, 2.05) is 10.9 Å². The van der Waals surface area contributed by atoms with Gasteiger partial charge in [-0.05, 0) is 47.5 Å². The summed E-state index contributed by atoms with van der Waals surface area (Å²) in [5, 5.41) is 28.5. The molecule has 0 aliphatic rings. The van der Waals surface area contributed by atoms with Crippen LogP contribution in [0.4, 0.5) is 11.4 Å². The van der Waals surface area contributed by atoms with Gasteiger partial charge in [0.25, 0.3) is 11.4 Å². The molecule has 12 nitrogen and oxygen atoms in total. The van der Waals surface area contributed by atoms with Gasteiger partial charge in [-0.3, -0.25) is 29.8 Å². The highest BCUT2D eigenvalue weighted by molar-refractivity contribution is 6.42. The van der Waals surface area contributed by atoms with Gasteiger partial charge in [0.15, 0.2) is 0 Å². The SMILES string of the molecule is O=C(N/N=C/C(Cl)=C/c1ccc([N+](=O)[O-])cc1)C(=O)N/N=C/C(Cl)=C/c1ccc([N+](=O)[O-])cc1. The van der Waals surface area contributed by atoms with Gasteiger partial charge in [0, 0.05) is 24.3 Å². The van der Waals surface area contributed by atoms with Crippen LogP contribution in [0.3, 0.4) is 0 Å². The van der Waals surface area contributed by atoms with E-state index in [9.17, 15) is 29.8 Å². The summed E-state index contributed by atoms with van der Waals surface area (Å²) in [6.45, 7) is 0. The largest absolute Gasteiger partial charge is 0.331 e. The molecular weight excluding hydrogens is 491 g/mol. The fourth-order valence-electron chi connectivity index (χ4n) is 2.18. The Hall–Kier alpha value is -4.42. The van der Waals surface area contributed by atoms with Crippen molar-refractivity contribution in [2.24, 2.45) is 10.2 Å². The molecule has 0 spiro atoms. The summed E-state index contributed by atoms with van der Waals surface area (Å²) in [5.74, 6) is -2.27. The smallest absolute Gasteiger partial charge is 0.262 e. The molecule has 0 aliphatic carbocycles. The fraction of sp³-hybridized carbons (Fsp3) is 0. The second-order valence-corrected chi connectivity index (χ2v) is 7.03. The second kappa shape index (κ2) is 12.6. The number of non-ortho nitro benzene ring substituents is 2. The molecule has 0 saturated carbocycles. The van der Waals surface area contributed by atoms with E-state index in [4.69, 9.17) is 23.2 Å². The number of allylic oxidation sites excluding steroid dienone is 2. The topological polar surface area (TPSA) is 169 Å². The van der Waals surface area contributed by atoms with Crippen molar-refractivity contribution < 1.29 is 19.4 Å². The molecular formula is C20H14Cl2N6O6. The molecule has 0 unspecified atom stereocenters. The molecule has 0 aliphatic heterocycles. The number of hydrogen-bond donors (Lipinski definition) is 2. The first-order valence-electron chi connectivity index (χ1n) is 9.05. The fourth-order valence-corrected chi connectivity index (χ4v) is 2.53. The molecule has 0 atom stereocenters. The second-order valence-electron chi connectivity index (χ2n) is 6.15. The van der Waals surface area contributed by atoms with Gasteiger partial charge < -0.3 is 0 Å². The standard InChI is InChI=1S/C20H14Cl2N6O6/c21-15(9-13-1-5-17(6-2-13)27(31)32)11-23-25-19(29)20(30)26-24-12-16(22)10-14-3-7-18(8-4-14)28(33)34/h1-12H,(H,25,29)(H,26,30)/b15-9-,16-10-,23-11+,24-12+. The number of nitrogens with zero attached hydrogens (tertiary/aromatic N) is 4. The number of amides is 2. The summed E-state index contributed by atoms with van der Waals surface area (Å²) in [4.78, 5) is 43.6.